The molecule has 2 heterocycles. The fraction of sp³-hybridized carbons (Fsp3) is 0.733. The van der Waals surface area contributed by atoms with Gasteiger partial charge in [-0.3, -0.25) is 9.48 Å². The van der Waals surface area contributed by atoms with Gasteiger partial charge in [0.1, 0.15) is 4.90 Å². The molecule has 1 fully saturated rings. The zero-order valence-corrected chi connectivity index (χ0v) is 15.5. The summed E-state index contributed by atoms with van der Waals surface area (Å²) < 4.78 is 29.3. The maximum absolute atomic E-state index is 12.6. The van der Waals surface area contributed by atoms with Crippen LogP contribution in [0.1, 0.15) is 45.0 Å². The highest BCUT2D eigenvalue weighted by molar-refractivity contribution is 7.89. The van der Waals surface area contributed by atoms with Gasteiger partial charge in [-0.05, 0) is 47.5 Å². The number of carbonyl (C=O) groups is 1. The van der Waals surface area contributed by atoms with Gasteiger partial charge in [0.25, 0.3) is 0 Å². The van der Waals surface area contributed by atoms with Gasteiger partial charge in [0.2, 0.25) is 15.9 Å². The first-order valence-electron chi connectivity index (χ1n) is 7.81. The van der Waals surface area contributed by atoms with Gasteiger partial charge in [-0.2, -0.15) is 9.82 Å². The Hall–Kier alpha value is -1.41. The zero-order chi connectivity index (χ0) is 17.6. The van der Waals surface area contributed by atoms with Crippen LogP contribution in [0.5, 0.6) is 0 Å². The number of hydrogen-bond donors (Lipinski definition) is 1. The van der Waals surface area contributed by atoms with Crippen molar-refractivity contribution in [3.8, 4) is 0 Å². The minimum Gasteiger partial charge on any atom is -0.336 e. The maximum atomic E-state index is 12.6. The van der Waals surface area contributed by atoms with Crippen molar-refractivity contribution >= 4 is 15.9 Å². The Labute approximate surface area is 138 Å². The van der Waals surface area contributed by atoms with Crippen molar-refractivity contribution in [3.63, 3.8) is 0 Å². The van der Waals surface area contributed by atoms with Crippen LogP contribution in [0.4, 0.5) is 0 Å². The molecule has 1 aliphatic rings. The van der Waals surface area contributed by atoms with Crippen LogP contribution in [0, 0.1) is 13.8 Å². The molecule has 0 saturated carbocycles. The standard InChI is InChI=1S/C15H26N4O3S/c1-10-13(12(3)18(6)16-10)23(21,22)17-11(2)14(20)19-9-7-8-15(19,4)5/h11,17H,7-9H2,1-6H3. The molecule has 1 aliphatic heterocycles. The number of hydrogen-bond acceptors (Lipinski definition) is 4. The van der Waals surface area contributed by atoms with E-state index in [1.807, 2.05) is 13.8 Å². The average Bonchev–Trinajstić information content (AvgIpc) is 2.87. The molecular formula is C15H26N4O3S. The molecule has 0 spiro atoms. The highest BCUT2D eigenvalue weighted by atomic mass is 32.2. The van der Waals surface area contributed by atoms with Gasteiger partial charge in [0, 0.05) is 19.1 Å². The smallest absolute Gasteiger partial charge is 0.244 e. The van der Waals surface area contributed by atoms with E-state index >= 15 is 0 Å². The van der Waals surface area contributed by atoms with E-state index < -0.39 is 16.1 Å². The number of carbonyl (C=O) groups excluding carboxylic acids is 1. The third-order valence-corrected chi connectivity index (χ3v) is 6.37. The molecule has 0 radical (unpaired) electrons. The Bertz CT molecular complexity index is 721. The molecule has 8 heteroatoms. The second-order valence-electron chi connectivity index (χ2n) is 6.87. The fourth-order valence-electron chi connectivity index (χ4n) is 3.23. The van der Waals surface area contributed by atoms with Crippen molar-refractivity contribution in [2.24, 2.45) is 7.05 Å². The summed E-state index contributed by atoms with van der Waals surface area (Å²) in [7, 11) is -2.10. The van der Waals surface area contributed by atoms with Crippen molar-refractivity contribution < 1.29 is 13.2 Å². The number of nitrogens with zero attached hydrogens (tertiary/aromatic N) is 3. The van der Waals surface area contributed by atoms with E-state index in [2.05, 4.69) is 9.82 Å². The highest BCUT2D eigenvalue weighted by Gasteiger charge is 2.38. The molecule has 0 aromatic carbocycles. The number of rotatable bonds is 4. The van der Waals surface area contributed by atoms with Crippen molar-refractivity contribution in [3.05, 3.63) is 11.4 Å². The van der Waals surface area contributed by atoms with Crippen LogP contribution < -0.4 is 4.72 Å². The summed E-state index contributed by atoms with van der Waals surface area (Å²) in [6, 6.07) is -0.809. The quantitative estimate of drug-likeness (QED) is 0.888. The lowest BCUT2D eigenvalue weighted by atomic mass is 10.0. The van der Waals surface area contributed by atoms with Gasteiger partial charge in [-0.1, -0.05) is 0 Å². The van der Waals surface area contributed by atoms with E-state index in [9.17, 15) is 13.2 Å². The van der Waals surface area contributed by atoms with Crippen LogP contribution >= 0.6 is 0 Å². The van der Waals surface area contributed by atoms with Gasteiger partial charge in [0.15, 0.2) is 0 Å². The Morgan fingerprint density at radius 2 is 1.96 bits per heavy atom. The molecule has 1 amide bonds. The van der Waals surface area contributed by atoms with Gasteiger partial charge >= 0.3 is 0 Å². The lowest BCUT2D eigenvalue weighted by molar-refractivity contribution is -0.135. The molecule has 1 aromatic heterocycles. The third-order valence-electron chi connectivity index (χ3n) is 4.58. The monoisotopic (exact) mass is 342 g/mol. The largest absolute Gasteiger partial charge is 0.336 e. The summed E-state index contributed by atoms with van der Waals surface area (Å²) >= 11 is 0. The molecule has 7 nitrogen and oxygen atoms in total. The molecule has 1 atom stereocenters. The fourth-order valence-corrected chi connectivity index (χ4v) is 4.87. The third kappa shape index (κ3) is 3.28. The van der Waals surface area contributed by atoms with Crippen LogP contribution in [0.25, 0.3) is 0 Å². The number of aromatic nitrogens is 2. The van der Waals surface area contributed by atoms with Gasteiger partial charge < -0.3 is 4.90 Å². The molecule has 0 aliphatic carbocycles. The molecule has 0 bridgehead atoms. The summed E-state index contributed by atoms with van der Waals surface area (Å²) in [5, 5.41) is 4.13. The van der Waals surface area contributed by atoms with Crippen LogP contribution in [0.15, 0.2) is 4.90 Å². The molecule has 1 aromatic rings. The van der Waals surface area contributed by atoms with E-state index in [1.54, 1.807) is 32.7 Å². The van der Waals surface area contributed by atoms with Crippen LogP contribution in [-0.2, 0) is 21.9 Å². The predicted octanol–water partition coefficient (Wildman–Crippen LogP) is 1.10. The zero-order valence-electron chi connectivity index (χ0n) is 14.7. The Morgan fingerprint density at radius 1 is 1.35 bits per heavy atom. The second-order valence-corrected chi connectivity index (χ2v) is 8.52. The van der Waals surface area contributed by atoms with Crippen molar-refractivity contribution in [1.29, 1.82) is 0 Å². The Morgan fingerprint density at radius 3 is 2.39 bits per heavy atom. The summed E-state index contributed by atoms with van der Waals surface area (Å²) in [5.74, 6) is -0.185. The van der Waals surface area contributed by atoms with Crippen LogP contribution in [0.3, 0.4) is 0 Å². The molecule has 23 heavy (non-hydrogen) atoms. The predicted molar refractivity (Wildman–Crippen MR) is 87.5 cm³/mol. The van der Waals surface area contributed by atoms with Gasteiger partial charge in [-0.25, -0.2) is 8.42 Å². The number of nitrogens with one attached hydrogen (secondary N) is 1. The first-order chi connectivity index (χ1) is 10.5. The van der Waals surface area contributed by atoms with E-state index in [-0.39, 0.29) is 16.3 Å². The first kappa shape index (κ1) is 17.9. The number of sulfonamides is 1. The van der Waals surface area contributed by atoms with Crippen molar-refractivity contribution in [2.75, 3.05) is 6.54 Å². The topological polar surface area (TPSA) is 84.3 Å². The summed E-state index contributed by atoms with van der Waals surface area (Å²) in [4.78, 5) is 14.5. The SMILES string of the molecule is Cc1nn(C)c(C)c1S(=O)(=O)NC(C)C(=O)N1CCCC1(C)C. The lowest BCUT2D eigenvalue weighted by Crippen LogP contribution is -2.51. The van der Waals surface area contributed by atoms with Crippen LogP contribution in [0.2, 0.25) is 0 Å². The molecular weight excluding hydrogens is 316 g/mol. The summed E-state index contributed by atoms with van der Waals surface area (Å²) in [6.07, 6.45) is 1.87. The summed E-state index contributed by atoms with van der Waals surface area (Å²) in [5.41, 5.74) is 0.756. The number of amides is 1. The minimum atomic E-state index is -3.79. The number of aryl methyl sites for hydroxylation is 2. The Kier molecular flexibility index (Phi) is 4.60. The van der Waals surface area contributed by atoms with Gasteiger partial charge in [-0.15, -0.1) is 0 Å². The van der Waals surface area contributed by atoms with E-state index in [0.717, 1.165) is 12.8 Å². The maximum Gasteiger partial charge on any atom is 0.244 e. The van der Waals surface area contributed by atoms with E-state index in [1.165, 1.54) is 4.68 Å². The number of likely N-dealkylation sites (tertiary alicyclic amines) is 1. The van der Waals surface area contributed by atoms with Crippen molar-refractivity contribution in [2.45, 2.75) is 63.9 Å². The summed E-state index contributed by atoms with van der Waals surface area (Å²) in [6.45, 7) is 9.63. The van der Waals surface area contributed by atoms with E-state index in [0.29, 0.717) is 17.9 Å². The van der Waals surface area contributed by atoms with Crippen LogP contribution in [-0.4, -0.2) is 47.1 Å². The molecule has 1 unspecified atom stereocenters. The minimum absolute atomic E-state index is 0.153. The average molecular weight is 342 g/mol. The Balaban J connectivity index is 2.22. The molecule has 1 N–H and O–H groups in total. The second kappa shape index (κ2) is 5.90. The van der Waals surface area contributed by atoms with Crippen molar-refractivity contribution in [1.82, 2.24) is 19.4 Å². The highest BCUT2D eigenvalue weighted by Crippen LogP contribution is 2.29. The van der Waals surface area contributed by atoms with E-state index in [4.69, 9.17) is 0 Å². The lowest BCUT2D eigenvalue weighted by Gasteiger charge is -2.33. The first-order valence-corrected chi connectivity index (χ1v) is 9.29. The molecule has 1 saturated heterocycles. The normalized spacial score (nSPS) is 19.1. The molecule has 130 valence electrons. The molecule has 2 rings (SSSR count). The van der Waals surface area contributed by atoms with Gasteiger partial charge in [0.05, 0.1) is 17.4 Å².